The molecule has 7 heterocycles. The molecule has 0 aliphatic carbocycles. The summed E-state index contributed by atoms with van der Waals surface area (Å²) in [5, 5.41) is 5.71. The average Bonchev–Trinajstić information content (AvgIpc) is 3.80. The molecule has 1 aromatic heterocycles. The van der Waals surface area contributed by atoms with E-state index < -0.39 is 11.9 Å². The van der Waals surface area contributed by atoms with Gasteiger partial charge in [-0.25, -0.2) is 14.8 Å². The molecule has 16 heteroatoms. The second kappa shape index (κ2) is 17.5. The molecule has 4 N–H and O–H groups in total. The third-order valence-corrected chi connectivity index (χ3v) is 14.5. The third-order valence-electron chi connectivity index (χ3n) is 14.5. The van der Waals surface area contributed by atoms with E-state index in [1.807, 2.05) is 36.2 Å². The molecule has 6 amide bonds. The van der Waals surface area contributed by atoms with Crippen molar-refractivity contribution in [1.82, 2.24) is 34.9 Å². The molecule has 6 aliphatic rings. The Balaban J connectivity index is 0.728. The number of fused-ring (bicyclic) bond motifs is 1. The van der Waals surface area contributed by atoms with Gasteiger partial charge in [0.1, 0.15) is 11.9 Å². The number of imide groups is 1. The molecule has 1 spiro atoms. The number of aromatic nitrogens is 2. The standard InChI is InChI=1S/C46H59N11O5/c1-52-26-27-56(45(52)62)34-8-5-21-55(29-34)38-28-48-40(41(47)59)42(50-38)49-32-10-12-33(13-11-32)54-24-18-46(19-25-54)16-22-53(23-17-46)20-3-2-6-31-7-4-9-35-36(31)30-57(44(35)61)37-14-15-39(58)51-43(37)60/h4,7,9-13,28,34,37H,2-3,5-6,8,14-27,29-30H2,1H3,(H2,47,59)(H,49,50)(H,51,58,60)/t34-,37?/m1/s1. The maximum absolute atomic E-state index is 13.2. The maximum Gasteiger partial charge on any atom is 0.320 e. The van der Waals surface area contributed by atoms with Gasteiger partial charge in [0.15, 0.2) is 11.5 Å². The number of likely N-dealkylation sites (N-methyl/N-ethyl adjacent to an activating group) is 1. The number of carbonyl (C=O) groups is 5. The van der Waals surface area contributed by atoms with E-state index >= 15 is 0 Å². The number of hydrogen-bond acceptors (Lipinski definition) is 11. The molecular formula is C46H59N11O5. The van der Waals surface area contributed by atoms with E-state index in [0.717, 1.165) is 95.7 Å². The molecule has 62 heavy (non-hydrogen) atoms. The van der Waals surface area contributed by atoms with Gasteiger partial charge in [0.2, 0.25) is 11.8 Å². The van der Waals surface area contributed by atoms with Crippen LogP contribution in [0.15, 0.2) is 48.7 Å². The summed E-state index contributed by atoms with van der Waals surface area (Å²) in [6.07, 6.45) is 12.0. The largest absolute Gasteiger partial charge is 0.371 e. The van der Waals surface area contributed by atoms with Gasteiger partial charge in [-0.1, -0.05) is 12.1 Å². The Morgan fingerprint density at radius 1 is 0.887 bits per heavy atom. The fourth-order valence-corrected chi connectivity index (χ4v) is 10.6. The first-order valence-corrected chi connectivity index (χ1v) is 22.6. The van der Waals surface area contributed by atoms with E-state index in [4.69, 9.17) is 10.7 Å². The predicted octanol–water partition coefficient (Wildman–Crippen LogP) is 4.12. The minimum Gasteiger partial charge on any atom is -0.371 e. The number of piperidine rings is 4. The number of unbranched alkanes of at least 4 members (excludes halogenated alkanes) is 1. The monoisotopic (exact) mass is 845 g/mol. The zero-order chi connectivity index (χ0) is 43.0. The van der Waals surface area contributed by atoms with Gasteiger partial charge in [-0.3, -0.25) is 24.5 Å². The van der Waals surface area contributed by atoms with Gasteiger partial charge in [-0.05, 0) is 131 Å². The van der Waals surface area contributed by atoms with E-state index in [1.54, 1.807) is 16.0 Å². The molecule has 0 saturated carbocycles. The van der Waals surface area contributed by atoms with Crippen LogP contribution in [-0.4, -0.2) is 137 Å². The van der Waals surface area contributed by atoms with E-state index in [2.05, 4.69) is 48.5 Å². The lowest BCUT2D eigenvalue weighted by molar-refractivity contribution is -0.136. The van der Waals surface area contributed by atoms with Crippen LogP contribution in [0.25, 0.3) is 0 Å². The van der Waals surface area contributed by atoms with E-state index in [-0.39, 0.29) is 41.9 Å². The number of carbonyl (C=O) groups excluding carboxylic acids is 5. The predicted molar refractivity (Wildman–Crippen MR) is 235 cm³/mol. The van der Waals surface area contributed by atoms with Crippen molar-refractivity contribution in [1.29, 1.82) is 0 Å². The Morgan fingerprint density at radius 2 is 1.66 bits per heavy atom. The van der Waals surface area contributed by atoms with Crippen molar-refractivity contribution in [2.24, 2.45) is 11.1 Å². The van der Waals surface area contributed by atoms with Crippen LogP contribution in [-0.2, 0) is 22.6 Å². The molecule has 1 unspecified atom stereocenters. The molecule has 0 radical (unpaired) electrons. The minimum atomic E-state index is -0.647. The number of benzene rings is 2. The zero-order valence-electron chi connectivity index (χ0n) is 35.8. The first-order valence-electron chi connectivity index (χ1n) is 22.6. The zero-order valence-corrected chi connectivity index (χ0v) is 35.8. The molecule has 5 fully saturated rings. The highest BCUT2D eigenvalue weighted by atomic mass is 16.2. The number of nitrogens with one attached hydrogen (secondary N) is 2. The summed E-state index contributed by atoms with van der Waals surface area (Å²) in [4.78, 5) is 84.4. The Kier molecular flexibility index (Phi) is 11.8. The number of urea groups is 1. The lowest BCUT2D eigenvalue weighted by atomic mass is 9.71. The summed E-state index contributed by atoms with van der Waals surface area (Å²) in [6, 6.07) is 13.8. The summed E-state index contributed by atoms with van der Waals surface area (Å²) in [5.41, 5.74) is 11.1. The van der Waals surface area contributed by atoms with Crippen molar-refractivity contribution in [3.63, 3.8) is 0 Å². The van der Waals surface area contributed by atoms with Crippen LogP contribution >= 0.6 is 0 Å². The number of amides is 6. The van der Waals surface area contributed by atoms with E-state index in [1.165, 1.54) is 36.9 Å². The number of anilines is 4. The molecule has 2 aromatic carbocycles. The van der Waals surface area contributed by atoms with Crippen molar-refractivity contribution in [2.45, 2.75) is 89.3 Å². The Bertz CT molecular complexity index is 2200. The number of rotatable bonds is 12. The molecule has 9 rings (SSSR count). The van der Waals surface area contributed by atoms with E-state index in [0.29, 0.717) is 42.1 Å². The van der Waals surface area contributed by atoms with Gasteiger partial charge < -0.3 is 40.4 Å². The molecular weight excluding hydrogens is 787 g/mol. The summed E-state index contributed by atoms with van der Waals surface area (Å²) in [7, 11) is 1.84. The van der Waals surface area contributed by atoms with Crippen molar-refractivity contribution < 1.29 is 24.0 Å². The Labute approximate surface area is 363 Å². The number of primary amides is 1. The second-order valence-corrected chi connectivity index (χ2v) is 18.2. The van der Waals surface area contributed by atoms with Crippen molar-refractivity contribution >= 4 is 52.7 Å². The van der Waals surface area contributed by atoms with Crippen LogP contribution in [0.5, 0.6) is 0 Å². The highest BCUT2D eigenvalue weighted by molar-refractivity contribution is 6.05. The summed E-state index contributed by atoms with van der Waals surface area (Å²) in [5.74, 6) is -0.423. The summed E-state index contributed by atoms with van der Waals surface area (Å²) in [6.45, 7) is 8.72. The lowest BCUT2D eigenvalue weighted by Crippen LogP contribution is -2.52. The van der Waals surface area contributed by atoms with Crippen molar-refractivity contribution in [2.75, 3.05) is 81.1 Å². The molecule has 5 saturated heterocycles. The van der Waals surface area contributed by atoms with Gasteiger partial charge >= 0.3 is 6.03 Å². The molecule has 16 nitrogen and oxygen atoms in total. The van der Waals surface area contributed by atoms with Crippen LogP contribution in [0, 0.1) is 5.41 Å². The fraction of sp³-hybridized carbons (Fsp3) is 0.543. The SMILES string of the molecule is CN1CCN([C@@H]2CCCN(c3cnc(C(N)=O)c(Nc4ccc(N5CCC6(CCN(CCCCc7cccc8c7CN(C7CCC(=O)NC7=O)C8=O)CC6)CC5)cc4)n3)C2)C1=O. The molecule has 0 bridgehead atoms. The Hall–Kier alpha value is -5.77. The van der Waals surface area contributed by atoms with Crippen LogP contribution in [0.2, 0.25) is 0 Å². The van der Waals surface area contributed by atoms with Gasteiger partial charge in [-0.15, -0.1) is 0 Å². The fourth-order valence-electron chi connectivity index (χ4n) is 10.6. The quantitative estimate of drug-likeness (QED) is 0.176. The number of aryl methyl sites for hydroxylation is 1. The van der Waals surface area contributed by atoms with Crippen LogP contribution < -0.4 is 26.2 Å². The molecule has 6 aliphatic heterocycles. The topological polar surface area (TPSA) is 181 Å². The second-order valence-electron chi connectivity index (χ2n) is 18.2. The average molecular weight is 846 g/mol. The Morgan fingerprint density at radius 3 is 2.39 bits per heavy atom. The number of nitrogens with zero attached hydrogens (tertiary/aromatic N) is 8. The first kappa shape index (κ1) is 41.6. The highest BCUT2D eigenvalue weighted by Crippen LogP contribution is 2.42. The third kappa shape index (κ3) is 8.53. The van der Waals surface area contributed by atoms with Gasteiger partial charge in [0.05, 0.1) is 12.2 Å². The van der Waals surface area contributed by atoms with Gasteiger partial charge in [0, 0.05) is 76.2 Å². The number of likely N-dealkylation sites (tertiary alicyclic amines) is 1. The van der Waals surface area contributed by atoms with E-state index in [9.17, 15) is 24.0 Å². The summed E-state index contributed by atoms with van der Waals surface area (Å²) < 4.78 is 0. The summed E-state index contributed by atoms with van der Waals surface area (Å²) >= 11 is 0. The maximum atomic E-state index is 13.2. The van der Waals surface area contributed by atoms with Gasteiger partial charge in [-0.2, -0.15) is 0 Å². The number of hydrogen-bond donors (Lipinski definition) is 3. The minimum absolute atomic E-state index is 0.0704. The van der Waals surface area contributed by atoms with Crippen molar-refractivity contribution in [3.05, 3.63) is 71.0 Å². The normalized spacial score (nSPS) is 23.0. The van der Waals surface area contributed by atoms with Crippen LogP contribution in [0.1, 0.15) is 96.2 Å². The molecule has 2 atom stereocenters. The molecule has 328 valence electrons. The van der Waals surface area contributed by atoms with Crippen molar-refractivity contribution in [3.8, 4) is 0 Å². The van der Waals surface area contributed by atoms with Crippen LogP contribution in [0.4, 0.5) is 27.8 Å². The lowest BCUT2D eigenvalue weighted by Gasteiger charge is -2.47. The van der Waals surface area contributed by atoms with Gasteiger partial charge in [0.25, 0.3) is 11.8 Å². The molecule has 3 aromatic rings. The van der Waals surface area contributed by atoms with Crippen LogP contribution in [0.3, 0.4) is 0 Å². The first-order chi connectivity index (χ1) is 30.0. The number of nitrogens with two attached hydrogens (primary N) is 1. The smallest absolute Gasteiger partial charge is 0.320 e. The highest BCUT2D eigenvalue weighted by Gasteiger charge is 2.41.